The number of carbonyl (C=O) groups is 1. The minimum atomic E-state index is -4.98. The van der Waals surface area contributed by atoms with Gasteiger partial charge in [0.2, 0.25) is 5.91 Å². The summed E-state index contributed by atoms with van der Waals surface area (Å²) in [7, 11) is 0. The van der Waals surface area contributed by atoms with E-state index in [0.717, 1.165) is 0 Å². The maximum absolute atomic E-state index is 13.2. The van der Waals surface area contributed by atoms with Crippen molar-refractivity contribution in [3.05, 3.63) is 30.1 Å². The summed E-state index contributed by atoms with van der Waals surface area (Å²) in [5.74, 6) is -1.26. The van der Waals surface area contributed by atoms with Gasteiger partial charge in [0.25, 0.3) is 5.72 Å². The first kappa shape index (κ1) is 14.0. The van der Waals surface area contributed by atoms with Crippen LogP contribution in [-0.2, 0) is 4.79 Å². The molecule has 1 aliphatic heterocycles. The number of aliphatic hydroxyl groups is 1. The lowest BCUT2D eigenvalue weighted by Gasteiger charge is -2.32. The third kappa shape index (κ3) is 2.29. The van der Waals surface area contributed by atoms with Crippen LogP contribution < -0.4 is 0 Å². The van der Waals surface area contributed by atoms with Crippen molar-refractivity contribution < 1.29 is 23.1 Å². The molecule has 8 heteroatoms. The van der Waals surface area contributed by atoms with Crippen molar-refractivity contribution >= 4 is 11.6 Å². The van der Waals surface area contributed by atoms with Crippen LogP contribution in [-0.4, -0.2) is 38.6 Å². The zero-order valence-electron chi connectivity index (χ0n) is 10.8. The molecule has 1 aliphatic carbocycles. The lowest BCUT2D eigenvalue weighted by atomic mass is 10.0. The summed E-state index contributed by atoms with van der Waals surface area (Å²) in [5, 5.41) is 13.9. The summed E-state index contributed by atoms with van der Waals surface area (Å²) in [6, 6.07) is 3.09. The molecule has 1 N–H and O–H groups in total. The molecule has 2 aliphatic rings. The zero-order valence-corrected chi connectivity index (χ0v) is 10.8. The highest BCUT2D eigenvalue weighted by atomic mass is 19.4. The van der Waals surface area contributed by atoms with Gasteiger partial charge in [-0.05, 0) is 18.9 Å². The summed E-state index contributed by atoms with van der Waals surface area (Å²) in [5.41, 5.74) is -2.93. The predicted molar refractivity (Wildman–Crippen MR) is 66.0 cm³/mol. The fourth-order valence-electron chi connectivity index (χ4n) is 2.20. The second-order valence-electron chi connectivity index (χ2n) is 5.20. The van der Waals surface area contributed by atoms with Gasteiger partial charge in [-0.3, -0.25) is 9.78 Å². The zero-order chi connectivity index (χ0) is 15.3. The first-order valence-corrected chi connectivity index (χ1v) is 6.44. The van der Waals surface area contributed by atoms with Crippen LogP contribution in [0.15, 0.2) is 29.6 Å². The number of hydrogen-bond donors (Lipinski definition) is 1. The number of halogens is 3. The van der Waals surface area contributed by atoms with Crippen LogP contribution in [0.25, 0.3) is 0 Å². The van der Waals surface area contributed by atoms with Crippen LogP contribution in [0.2, 0.25) is 0 Å². The summed E-state index contributed by atoms with van der Waals surface area (Å²) >= 11 is 0. The van der Waals surface area contributed by atoms with Gasteiger partial charge in [-0.15, -0.1) is 0 Å². The first-order valence-electron chi connectivity index (χ1n) is 6.44. The van der Waals surface area contributed by atoms with E-state index >= 15 is 0 Å². The number of aromatic nitrogens is 1. The second kappa shape index (κ2) is 4.52. The fraction of sp³-hybridized carbons (Fsp3) is 0.462. The normalized spacial score (nSPS) is 25.9. The standard InChI is InChI=1S/C13H12F3N3O2/c14-13(15,16)12(21)6-10(9-2-1-5-17-7-9)18-19(12)11(20)8-3-4-8/h1-2,5,7-8,21H,3-4,6H2/t12-/m1/s1. The molecule has 0 radical (unpaired) electrons. The van der Waals surface area contributed by atoms with E-state index in [4.69, 9.17) is 0 Å². The molecule has 0 bridgehead atoms. The predicted octanol–water partition coefficient (Wildman–Crippen LogP) is 1.68. The van der Waals surface area contributed by atoms with Crippen LogP contribution in [0.5, 0.6) is 0 Å². The maximum Gasteiger partial charge on any atom is 0.438 e. The number of alkyl halides is 3. The van der Waals surface area contributed by atoms with Crippen molar-refractivity contribution in [1.82, 2.24) is 9.99 Å². The molecule has 1 fully saturated rings. The Bertz CT molecular complexity index is 598. The van der Waals surface area contributed by atoms with Gasteiger partial charge in [0.1, 0.15) is 0 Å². The Morgan fingerprint density at radius 2 is 2.14 bits per heavy atom. The van der Waals surface area contributed by atoms with Crippen molar-refractivity contribution in [3.8, 4) is 0 Å². The van der Waals surface area contributed by atoms with E-state index < -0.39 is 30.1 Å². The molecule has 21 heavy (non-hydrogen) atoms. The molecule has 0 unspecified atom stereocenters. The number of rotatable bonds is 2. The molecule has 0 saturated heterocycles. The average Bonchev–Trinajstić information content (AvgIpc) is 3.21. The molecular formula is C13H12F3N3O2. The SMILES string of the molecule is O=C(C1CC1)N1N=C(c2cccnc2)C[C@@]1(O)C(F)(F)F. The number of hydrazone groups is 1. The van der Waals surface area contributed by atoms with Gasteiger partial charge in [-0.2, -0.15) is 23.3 Å². The molecule has 0 spiro atoms. The quantitative estimate of drug-likeness (QED) is 0.903. The topological polar surface area (TPSA) is 65.8 Å². The van der Waals surface area contributed by atoms with E-state index in [1.54, 1.807) is 6.07 Å². The van der Waals surface area contributed by atoms with Gasteiger partial charge in [-0.25, -0.2) is 0 Å². The molecule has 112 valence electrons. The van der Waals surface area contributed by atoms with Crippen molar-refractivity contribution in [2.45, 2.75) is 31.2 Å². The Morgan fingerprint density at radius 1 is 1.43 bits per heavy atom. The minimum absolute atomic E-state index is 0.00285. The van der Waals surface area contributed by atoms with Crippen LogP contribution >= 0.6 is 0 Å². The summed E-state index contributed by atoms with van der Waals surface area (Å²) in [6.07, 6.45) is -1.89. The van der Waals surface area contributed by atoms with Gasteiger partial charge >= 0.3 is 6.18 Å². The molecule has 1 aromatic heterocycles. The largest absolute Gasteiger partial charge is 0.438 e. The van der Waals surface area contributed by atoms with Crippen molar-refractivity contribution in [2.75, 3.05) is 0 Å². The van der Waals surface area contributed by atoms with Crippen LogP contribution in [0.3, 0.4) is 0 Å². The van der Waals surface area contributed by atoms with Gasteiger partial charge in [0.15, 0.2) is 0 Å². The highest BCUT2D eigenvalue weighted by Gasteiger charge is 2.64. The Kier molecular flexibility index (Phi) is 3.01. The lowest BCUT2D eigenvalue weighted by Crippen LogP contribution is -2.57. The molecule has 2 heterocycles. The molecule has 1 atom stereocenters. The van der Waals surface area contributed by atoms with Gasteiger partial charge in [-0.1, -0.05) is 6.07 Å². The summed E-state index contributed by atoms with van der Waals surface area (Å²) in [4.78, 5) is 15.8. The summed E-state index contributed by atoms with van der Waals surface area (Å²) < 4.78 is 39.6. The Morgan fingerprint density at radius 3 is 2.67 bits per heavy atom. The molecule has 0 aromatic carbocycles. The van der Waals surface area contributed by atoms with Crippen LogP contribution in [0.1, 0.15) is 24.8 Å². The molecule has 1 saturated carbocycles. The number of carbonyl (C=O) groups excluding carboxylic acids is 1. The third-order valence-corrected chi connectivity index (χ3v) is 3.57. The monoisotopic (exact) mass is 299 g/mol. The van der Waals surface area contributed by atoms with E-state index in [2.05, 4.69) is 10.1 Å². The highest BCUT2D eigenvalue weighted by Crippen LogP contribution is 2.44. The Balaban J connectivity index is 1.98. The maximum atomic E-state index is 13.2. The van der Waals surface area contributed by atoms with Crippen LogP contribution in [0.4, 0.5) is 13.2 Å². The van der Waals surface area contributed by atoms with E-state index in [1.807, 2.05) is 0 Å². The molecule has 5 nitrogen and oxygen atoms in total. The number of amides is 1. The third-order valence-electron chi connectivity index (χ3n) is 3.57. The Hall–Kier alpha value is -1.96. The van der Waals surface area contributed by atoms with E-state index in [9.17, 15) is 23.1 Å². The number of nitrogens with zero attached hydrogens (tertiary/aromatic N) is 3. The summed E-state index contributed by atoms with van der Waals surface area (Å²) in [6.45, 7) is 0. The highest BCUT2D eigenvalue weighted by molar-refractivity contribution is 6.03. The smallest absolute Gasteiger partial charge is 0.362 e. The van der Waals surface area contributed by atoms with Gasteiger partial charge in [0.05, 0.1) is 12.1 Å². The average molecular weight is 299 g/mol. The van der Waals surface area contributed by atoms with Crippen molar-refractivity contribution in [2.24, 2.45) is 11.0 Å². The van der Waals surface area contributed by atoms with Crippen LogP contribution in [0, 0.1) is 5.92 Å². The fourth-order valence-corrected chi connectivity index (χ4v) is 2.20. The minimum Gasteiger partial charge on any atom is -0.362 e. The molecule has 3 rings (SSSR count). The molecule has 1 aromatic rings. The van der Waals surface area contributed by atoms with E-state index in [1.165, 1.54) is 18.5 Å². The molecule has 1 amide bonds. The van der Waals surface area contributed by atoms with Crippen molar-refractivity contribution in [3.63, 3.8) is 0 Å². The van der Waals surface area contributed by atoms with E-state index in [-0.39, 0.29) is 10.7 Å². The Labute approximate surface area is 118 Å². The van der Waals surface area contributed by atoms with E-state index in [0.29, 0.717) is 18.4 Å². The van der Waals surface area contributed by atoms with Gasteiger partial charge < -0.3 is 5.11 Å². The van der Waals surface area contributed by atoms with Crippen molar-refractivity contribution in [1.29, 1.82) is 0 Å². The lowest BCUT2D eigenvalue weighted by molar-refractivity contribution is -0.302. The number of hydrogen-bond acceptors (Lipinski definition) is 4. The second-order valence-corrected chi connectivity index (χ2v) is 5.20. The molecular weight excluding hydrogens is 287 g/mol. The first-order chi connectivity index (χ1) is 9.83. The number of pyridine rings is 1. The van der Waals surface area contributed by atoms with Gasteiger partial charge in [0, 0.05) is 23.9 Å².